The van der Waals surface area contributed by atoms with Crippen molar-refractivity contribution >= 4 is 87.5 Å². The normalized spacial score (nSPS) is 11.1. The number of benzene rings is 8. The lowest BCUT2D eigenvalue weighted by atomic mass is 9.95. The topological polar surface area (TPSA) is 266 Å². The third kappa shape index (κ3) is 23.9. The monoisotopic (exact) mass is 1490 g/mol. The Kier molecular flexibility index (Phi) is 29.1. The van der Waals surface area contributed by atoms with Gasteiger partial charge in [0.1, 0.15) is 105 Å². The number of aromatic hydroxyl groups is 1. The summed E-state index contributed by atoms with van der Waals surface area (Å²) in [5.41, 5.74) is -0.345. The van der Waals surface area contributed by atoms with Gasteiger partial charge < -0.3 is 28.8 Å². The number of phenols is 1. The minimum Gasteiger partial charge on any atom is -0.507 e. The Bertz CT molecular complexity index is 4090. The van der Waals surface area contributed by atoms with Gasteiger partial charge in [-0.15, -0.1) is 0 Å². The number of esters is 2. The molecule has 1 heterocycles. The molecule has 2 amide bonds. The number of hydrogen-bond acceptors (Lipinski definition) is 15. The number of phenolic OH excluding ortho intramolecular Hbond substituents is 1. The second-order valence-electron chi connectivity index (χ2n) is 20.2. The largest absolute Gasteiger partial charge is 0.507 e. The van der Waals surface area contributed by atoms with E-state index in [0.717, 1.165) is 30.0 Å². The molecule has 91 heavy (non-hydrogen) atoms. The average Bonchev–Trinajstić information content (AvgIpc) is 0.864. The van der Waals surface area contributed by atoms with Gasteiger partial charge in [-0.25, -0.2) is 13.2 Å². The van der Waals surface area contributed by atoms with Crippen LogP contribution in [0.1, 0.15) is 92.1 Å². The Labute approximate surface area is 557 Å². The highest BCUT2D eigenvalue weighted by Gasteiger charge is 2.30. The first-order chi connectivity index (χ1) is 43.1. The number of rotatable bonds is 9. The smallest absolute Gasteiger partial charge is 0.328 e. The Hall–Kier alpha value is -9.80. The van der Waals surface area contributed by atoms with E-state index >= 15 is 0 Å². The van der Waals surface area contributed by atoms with Crippen LogP contribution in [0.15, 0.2) is 188 Å². The van der Waals surface area contributed by atoms with Crippen molar-refractivity contribution in [2.45, 2.75) is 71.5 Å². The van der Waals surface area contributed by atoms with Gasteiger partial charge in [0.2, 0.25) is 5.91 Å². The molecule has 1 aliphatic rings. The summed E-state index contributed by atoms with van der Waals surface area (Å²) in [6.45, 7) is 10.5. The van der Waals surface area contributed by atoms with Gasteiger partial charge in [0.25, 0.3) is 5.91 Å². The zero-order valence-corrected chi connectivity index (χ0v) is 55.5. The molecule has 0 fully saturated rings. The first-order valence-corrected chi connectivity index (χ1v) is 29.8. The van der Waals surface area contributed by atoms with Gasteiger partial charge in [-0.3, -0.25) is 24.5 Å². The summed E-state index contributed by atoms with van der Waals surface area (Å²) in [6.07, 6.45) is 0.0193. The van der Waals surface area contributed by atoms with Gasteiger partial charge in [-0.1, -0.05) is 84.9 Å². The first kappa shape index (κ1) is 73.7. The molecule has 464 valence electrons. The molecule has 0 spiro atoms. The molecule has 16 nitrogen and oxygen atoms in total. The first-order valence-electron chi connectivity index (χ1n) is 26.6. The molecular weight excluding hydrogens is 1440 g/mol. The van der Waals surface area contributed by atoms with E-state index in [1.54, 1.807) is 151 Å². The number of amides is 2. The van der Waals surface area contributed by atoms with E-state index in [1.165, 1.54) is 24.3 Å². The van der Waals surface area contributed by atoms with Gasteiger partial charge in [0.05, 0.1) is 47.6 Å². The van der Waals surface area contributed by atoms with E-state index in [2.05, 4.69) is 69.0 Å². The Morgan fingerprint density at radius 2 is 0.912 bits per heavy atom. The predicted octanol–water partition coefficient (Wildman–Crippen LogP) is 17.6. The van der Waals surface area contributed by atoms with Crippen molar-refractivity contribution in [2.24, 2.45) is 0 Å². The molecule has 0 aromatic heterocycles. The van der Waals surface area contributed by atoms with Crippen LogP contribution in [-0.4, -0.2) is 40.1 Å². The zero-order valence-electron chi connectivity index (χ0n) is 49.2. The number of nitrogens with one attached hydrogen (secondary N) is 1. The van der Waals surface area contributed by atoms with E-state index in [1.807, 2.05) is 54.6 Å². The molecule has 1 unspecified atom stereocenters. The van der Waals surface area contributed by atoms with Crippen molar-refractivity contribution in [1.29, 1.82) is 26.3 Å². The average molecular weight is 1490 g/mol. The maximum absolute atomic E-state index is 13.3. The summed E-state index contributed by atoms with van der Waals surface area (Å²) in [4.78, 5) is 46.3. The number of carbonyl (C=O) groups excluding carboxylic acids is 4. The molecule has 9 rings (SSSR count). The third-order valence-corrected chi connectivity index (χ3v) is 13.7. The highest BCUT2D eigenvalue weighted by atomic mass is 79.9. The van der Waals surface area contributed by atoms with Crippen LogP contribution in [0.5, 0.6) is 40.2 Å². The van der Waals surface area contributed by atoms with Crippen LogP contribution >= 0.6 is 63.7 Å². The lowest BCUT2D eigenvalue weighted by Crippen LogP contribution is -2.37. The number of nitrogens with zero attached hydrogens (tertiary/aromatic N) is 5. The number of ether oxygens (including phenoxy) is 5. The van der Waals surface area contributed by atoms with Gasteiger partial charge in [0, 0.05) is 5.56 Å². The molecule has 0 aliphatic carbocycles. The molecule has 23 heteroatoms. The SMILES string of the molecule is CC(C)(C)OC(=O)C(C#N)c1cccc(Oc2ccccc2Br)c1C#N.CC(C)(C)OC(=O)CC#N.N#Cc1c(F)cccc1F.N#Cc1c(F)cccc1Oc1ccccc1Br.O=C1Cc2cccc(Oc3ccccc3Br)c2C(=O)N1.Oc1ccccc1Br. The summed E-state index contributed by atoms with van der Waals surface area (Å²) in [5.74, 6) is -2.43. The Morgan fingerprint density at radius 1 is 0.516 bits per heavy atom. The van der Waals surface area contributed by atoms with Crippen LogP contribution < -0.4 is 19.5 Å². The van der Waals surface area contributed by atoms with Crippen molar-refractivity contribution in [3.8, 4) is 70.6 Å². The van der Waals surface area contributed by atoms with Gasteiger partial charge in [-0.2, -0.15) is 26.3 Å². The highest BCUT2D eigenvalue weighted by molar-refractivity contribution is 9.11. The highest BCUT2D eigenvalue weighted by Crippen LogP contribution is 2.37. The second kappa shape index (κ2) is 36.0. The molecule has 2 N–H and O–H groups in total. The molecule has 8 aromatic carbocycles. The zero-order chi connectivity index (χ0) is 67.4. The fourth-order valence-electron chi connectivity index (χ4n) is 7.21. The lowest BCUT2D eigenvalue weighted by Gasteiger charge is -2.22. The summed E-state index contributed by atoms with van der Waals surface area (Å²) < 4.78 is 68.3. The standard InChI is InChI=1S/C20H17BrN2O3.C15H10BrNO3.C13H7BrFNO.C7H3F2N.C7H11NO2.C6H5BrO/c1-20(2,3)26-19(24)15(12-23)13-7-6-10-17(14(13)11-22)25-18-9-5-4-8-16(18)21;16-10-5-1-2-6-11(10)20-12-7-3-4-9-8-13(18)17-15(19)14(9)12;14-10-4-1-2-6-13(10)17-12-7-3-5-11(15)9(12)8-16;8-6-2-1-3-7(9)5(6)4-10;1-7(2,3)10-6(9)4-5-8;7-5-3-1-2-4-6(5)8/h4-10,15H,1-3H3;1-7H,8H2,(H,17,18,19);1-7H;1-3H;4H2,1-3H3;1-4,8H. The summed E-state index contributed by atoms with van der Waals surface area (Å²) >= 11 is 13.2. The fraction of sp³-hybridized carbons (Fsp3) is 0.162. The van der Waals surface area contributed by atoms with E-state index in [0.29, 0.717) is 34.1 Å². The van der Waals surface area contributed by atoms with Crippen molar-refractivity contribution in [1.82, 2.24) is 5.32 Å². The predicted molar refractivity (Wildman–Crippen MR) is 345 cm³/mol. The van der Waals surface area contributed by atoms with Gasteiger partial charge in [0.15, 0.2) is 5.92 Å². The maximum atomic E-state index is 13.3. The summed E-state index contributed by atoms with van der Waals surface area (Å²) in [6, 6.07) is 55.3. The molecule has 0 saturated heterocycles. The number of nitriles is 5. The van der Waals surface area contributed by atoms with Crippen LogP contribution in [-0.2, 0) is 30.3 Å². The summed E-state index contributed by atoms with van der Waals surface area (Å²) in [7, 11) is 0. The van der Waals surface area contributed by atoms with Gasteiger partial charge >= 0.3 is 11.9 Å². The molecule has 0 radical (unpaired) electrons. The van der Waals surface area contributed by atoms with E-state index in [9.17, 15) is 42.9 Å². The van der Waals surface area contributed by atoms with Crippen molar-refractivity contribution < 1.29 is 61.1 Å². The Balaban J connectivity index is 0.000000244. The van der Waals surface area contributed by atoms with Crippen LogP contribution in [0.3, 0.4) is 0 Å². The number of para-hydroxylation sites is 4. The second-order valence-corrected chi connectivity index (χ2v) is 23.6. The number of hydrogen-bond donors (Lipinski definition) is 2. The van der Waals surface area contributed by atoms with E-state index in [4.69, 9.17) is 44.6 Å². The van der Waals surface area contributed by atoms with Crippen LogP contribution in [0.25, 0.3) is 0 Å². The number of fused-ring (bicyclic) bond motifs is 1. The molecule has 1 aliphatic heterocycles. The molecule has 0 saturated carbocycles. The molecule has 8 aromatic rings. The number of carbonyl (C=O) groups is 4. The van der Waals surface area contributed by atoms with E-state index in [-0.39, 0.29) is 52.7 Å². The maximum Gasteiger partial charge on any atom is 0.328 e. The minimum atomic E-state index is -1.22. The fourth-order valence-corrected chi connectivity index (χ4v) is 8.59. The molecular formula is C68H53Br4F3N6O10. The van der Waals surface area contributed by atoms with Crippen molar-refractivity contribution in [3.63, 3.8) is 0 Å². The molecule has 1 atom stereocenters. The third-order valence-electron chi connectivity index (χ3n) is 11.0. The Morgan fingerprint density at radius 3 is 1.33 bits per heavy atom. The van der Waals surface area contributed by atoms with Crippen LogP contribution in [0.4, 0.5) is 13.2 Å². The van der Waals surface area contributed by atoms with E-state index < -0.39 is 58.0 Å². The lowest BCUT2D eigenvalue weighted by molar-refractivity contribution is -0.155. The minimum absolute atomic E-state index is 0.0942. The number of halogens is 7. The quantitative estimate of drug-likeness (QED) is 0.100. The van der Waals surface area contributed by atoms with Crippen LogP contribution in [0, 0.1) is 74.1 Å². The van der Waals surface area contributed by atoms with Crippen LogP contribution in [0.2, 0.25) is 0 Å². The number of imide groups is 1. The van der Waals surface area contributed by atoms with Gasteiger partial charge in [-0.05, 0) is 196 Å². The van der Waals surface area contributed by atoms with Crippen molar-refractivity contribution in [3.05, 3.63) is 239 Å². The summed E-state index contributed by atoms with van der Waals surface area (Å²) in [5, 5.41) is 55.4. The van der Waals surface area contributed by atoms with Crippen molar-refractivity contribution in [2.75, 3.05) is 0 Å². The molecule has 0 bridgehead atoms.